The predicted octanol–water partition coefficient (Wildman–Crippen LogP) is 2.89. The van der Waals surface area contributed by atoms with E-state index < -0.39 is 0 Å². The van der Waals surface area contributed by atoms with Crippen molar-refractivity contribution in [2.45, 2.75) is 58.4 Å². The van der Waals surface area contributed by atoms with Crippen molar-refractivity contribution in [3.8, 4) is 0 Å². The quantitative estimate of drug-likeness (QED) is 0.813. The monoisotopic (exact) mass is 238 g/mol. The molecule has 3 atom stereocenters. The van der Waals surface area contributed by atoms with Gasteiger partial charge in [0.05, 0.1) is 0 Å². The van der Waals surface area contributed by atoms with Crippen LogP contribution in [0.3, 0.4) is 0 Å². The Bertz CT molecular complexity index is 217. The van der Waals surface area contributed by atoms with E-state index in [0.29, 0.717) is 0 Å². The molecule has 2 nitrogen and oxygen atoms in total. The highest BCUT2D eigenvalue weighted by molar-refractivity contribution is 4.78. The summed E-state index contributed by atoms with van der Waals surface area (Å²) < 4.78 is 0. The molecule has 100 valence electrons. The van der Waals surface area contributed by atoms with Crippen molar-refractivity contribution < 1.29 is 0 Å². The van der Waals surface area contributed by atoms with Crippen molar-refractivity contribution >= 4 is 0 Å². The zero-order valence-electron chi connectivity index (χ0n) is 11.8. The van der Waals surface area contributed by atoms with Crippen LogP contribution in [0.2, 0.25) is 0 Å². The van der Waals surface area contributed by atoms with E-state index in [9.17, 15) is 0 Å². The highest BCUT2D eigenvalue weighted by Gasteiger charge is 2.22. The molecule has 0 radical (unpaired) electrons. The number of rotatable bonds is 3. The van der Waals surface area contributed by atoms with Gasteiger partial charge in [0.1, 0.15) is 0 Å². The molecule has 1 saturated heterocycles. The van der Waals surface area contributed by atoms with Gasteiger partial charge < -0.3 is 10.2 Å². The van der Waals surface area contributed by atoms with Gasteiger partial charge in [-0.15, -0.1) is 0 Å². The van der Waals surface area contributed by atoms with Crippen LogP contribution in [0, 0.1) is 11.8 Å². The second-order valence-electron chi connectivity index (χ2n) is 6.29. The Kier molecular flexibility index (Phi) is 5.30. The van der Waals surface area contributed by atoms with Crippen LogP contribution in [0.4, 0.5) is 0 Å². The third-order valence-corrected chi connectivity index (χ3v) is 4.71. The molecule has 1 saturated carbocycles. The van der Waals surface area contributed by atoms with Gasteiger partial charge in [-0.3, -0.25) is 0 Å². The van der Waals surface area contributed by atoms with Crippen molar-refractivity contribution in [2.75, 3.05) is 26.2 Å². The Hall–Kier alpha value is -0.0800. The van der Waals surface area contributed by atoms with Gasteiger partial charge in [-0.25, -0.2) is 0 Å². The molecule has 0 aromatic heterocycles. The molecule has 1 heterocycles. The van der Waals surface area contributed by atoms with Crippen LogP contribution in [-0.2, 0) is 0 Å². The molecule has 2 rings (SSSR count). The summed E-state index contributed by atoms with van der Waals surface area (Å²) in [5, 5.41) is 3.67. The van der Waals surface area contributed by atoms with E-state index in [1.54, 1.807) is 0 Å². The molecule has 17 heavy (non-hydrogen) atoms. The van der Waals surface area contributed by atoms with Crippen molar-refractivity contribution in [3.05, 3.63) is 0 Å². The van der Waals surface area contributed by atoms with E-state index in [4.69, 9.17) is 0 Å². The molecule has 1 aliphatic heterocycles. The lowest BCUT2D eigenvalue weighted by Gasteiger charge is -2.31. The third-order valence-electron chi connectivity index (χ3n) is 4.71. The summed E-state index contributed by atoms with van der Waals surface area (Å²) in [5.41, 5.74) is 0. The largest absolute Gasteiger partial charge is 0.313 e. The molecule has 0 aromatic rings. The van der Waals surface area contributed by atoms with Crippen LogP contribution < -0.4 is 5.32 Å². The zero-order chi connectivity index (χ0) is 12.1. The second-order valence-corrected chi connectivity index (χ2v) is 6.29. The fourth-order valence-corrected chi connectivity index (χ4v) is 3.60. The lowest BCUT2D eigenvalue weighted by atomic mass is 9.82. The lowest BCUT2D eigenvalue weighted by Crippen LogP contribution is -2.34. The minimum atomic E-state index is 0.769. The average molecular weight is 238 g/mol. The topological polar surface area (TPSA) is 15.3 Å². The summed E-state index contributed by atoms with van der Waals surface area (Å²) in [6, 6.07) is 0.769. The summed E-state index contributed by atoms with van der Waals surface area (Å²) >= 11 is 0. The highest BCUT2D eigenvalue weighted by Crippen LogP contribution is 2.29. The SMILES string of the molecule is CCC1CCN(CC2CCCC(C)C2)CCN1. The molecule has 2 aliphatic rings. The Balaban J connectivity index is 1.74. The minimum absolute atomic E-state index is 0.769. The molecule has 0 spiro atoms. The normalized spacial score (nSPS) is 36.7. The predicted molar refractivity (Wildman–Crippen MR) is 74.3 cm³/mol. The second kappa shape index (κ2) is 6.75. The van der Waals surface area contributed by atoms with Crippen LogP contribution in [-0.4, -0.2) is 37.1 Å². The summed E-state index contributed by atoms with van der Waals surface area (Å²) in [6.45, 7) is 9.88. The average Bonchev–Trinajstić information content (AvgIpc) is 2.54. The van der Waals surface area contributed by atoms with Crippen LogP contribution in [0.1, 0.15) is 52.4 Å². The van der Waals surface area contributed by atoms with Gasteiger partial charge in [0.15, 0.2) is 0 Å². The van der Waals surface area contributed by atoms with E-state index in [-0.39, 0.29) is 0 Å². The van der Waals surface area contributed by atoms with Gasteiger partial charge >= 0.3 is 0 Å². The summed E-state index contributed by atoms with van der Waals surface area (Å²) in [6.07, 6.45) is 8.52. The molecular weight excluding hydrogens is 208 g/mol. The van der Waals surface area contributed by atoms with E-state index in [1.165, 1.54) is 64.7 Å². The Morgan fingerprint density at radius 3 is 2.82 bits per heavy atom. The standard InChI is InChI=1S/C15H30N2/c1-3-15-7-9-17(10-8-16-15)12-14-6-4-5-13(2)11-14/h13-16H,3-12H2,1-2H3. The lowest BCUT2D eigenvalue weighted by molar-refractivity contribution is 0.186. The maximum atomic E-state index is 3.67. The third kappa shape index (κ3) is 4.26. The highest BCUT2D eigenvalue weighted by atomic mass is 15.2. The molecule has 0 bridgehead atoms. The maximum Gasteiger partial charge on any atom is 0.0107 e. The first kappa shape index (κ1) is 13.4. The Morgan fingerprint density at radius 1 is 1.18 bits per heavy atom. The van der Waals surface area contributed by atoms with E-state index in [0.717, 1.165) is 17.9 Å². The molecule has 3 unspecified atom stereocenters. The fraction of sp³-hybridized carbons (Fsp3) is 1.00. The van der Waals surface area contributed by atoms with E-state index >= 15 is 0 Å². The van der Waals surface area contributed by atoms with Crippen molar-refractivity contribution in [1.29, 1.82) is 0 Å². The maximum absolute atomic E-state index is 3.67. The summed E-state index contributed by atoms with van der Waals surface area (Å²) in [4.78, 5) is 2.71. The van der Waals surface area contributed by atoms with Gasteiger partial charge in [-0.2, -0.15) is 0 Å². The van der Waals surface area contributed by atoms with E-state index in [2.05, 4.69) is 24.1 Å². The smallest absolute Gasteiger partial charge is 0.0107 e. The molecular formula is C15H30N2. The first-order valence-electron chi connectivity index (χ1n) is 7.73. The minimum Gasteiger partial charge on any atom is -0.313 e. The summed E-state index contributed by atoms with van der Waals surface area (Å²) in [7, 11) is 0. The molecule has 1 N–H and O–H groups in total. The van der Waals surface area contributed by atoms with Crippen LogP contribution >= 0.6 is 0 Å². The van der Waals surface area contributed by atoms with Crippen LogP contribution in [0.15, 0.2) is 0 Å². The van der Waals surface area contributed by atoms with Crippen molar-refractivity contribution in [3.63, 3.8) is 0 Å². The number of hydrogen-bond donors (Lipinski definition) is 1. The van der Waals surface area contributed by atoms with Gasteiger partial charge in [-0.1, -0.05) is 26.7 Å². The number of hydrogen-bond acceptors (Lipinski definition) is 2. The Morgan fingerprint density at radius 2 is 2.06 bits per heavy atom. The molecule has 0 aromatic carbocycles. The molecule has 2 fully saturated rings. The van der Waals surface area contributed by atoms with Gasteiger partial charge in [0.25, 0.3) is 0 Å². The first-order chi connectivity index (χ1) is 8.28. The van der Waals surface area contributed by atoms with Gasteiger partial charge in [0.2, 0.25) is 0 Å². The van der Waals surface area contributed by atoms with Gasteiger partial charge in [-0.05, 0) is 44.1 Å². The van der Waals surface area contributed by atoms with Crippen LogP contribution in [0.25, 0.3) is 0 Å². The summed E-state index contributed by atoms with van der Waals surface area (Å²) in [5.74, 6) is 1.96. The zero-order valence-corrected chi connectivity index (χ0v) is 11.8. The van der Waals surface area contributed by atoms with Crippen LogP contribution in [0.5, 0.6) is 0 Å². The van der Waals surface area contributed by atoms with Crippen molar-refractivity contribution in [2.24, 2.45) is 11.8 Å². The first-order valence-corrected chi connectivity index (χ1v) is 7.73. The van der Waals surface area contributed by atoms with Crippen molar-refractivity contribution in [1.82, 2.24) is 10.2 Å². The van der Waals surface area contributed by atoms with E-state index in [1.807, 2.05) is 0 Å². The Labute approximate surface area is 107 Å². The molecule has 0 amide bonds. The molecule has 1 aliphatic carbocycles. The molecule has 2 heteroatoms. The number of nitrogens with zero attached hydrogens (tertiary/aromatic N) is 1. The fourth-order valence-electron chi connectivity index (χ4n) is 3.60. The van der Waals surface area contributed by atoms with Gasteiger partial charge in [0, 0.05) is 25.7 Å². The number of nitrogens with one attached hydrogen (secondary N) is 1.